The molecule has 0 unspecified atom stereocenters. The highest BCUT2D eigenvalue weighted by Gasteiger charge is 2.24. The number of carbonyl (C=O) groups is 1. The molecule has 1 amide bonds. The lowest BCUT2D eigenvalue weighted by Gasteiger charge is -2.27. The number of rotatable bonds is 3. The van der Waals surface area contributed by atoms with Gasteiger partial charge in [0.15, 0.2) is 0 Å². The van der Waals surface area contributed by atoms with Crippen molar-refractivity contribution in [1.82, 2.24) is 9.21 Å². The molecule has 0 saturated carbocycles. The van der Waals surface area contributed by atoms with E-state index < -0.39 is 10.0 Å². The first-order valence-corrected chi connectivity index (χ1v) is 8.66. The van der Waals surface area contributed by atoms with Gasteiger partial charge < -0.3 is 9.64 Å². The Labute approximate surface area is 132 Å². The smallest absolute Gasteiger partial charge is 0.254 e. The van der Waals surface area contributed by atoms with Crippen LogP contribution in [-0.2, 0) is 14.8 Å². The Morgan fingerprint density at radius 2 is 1.90 bits per heavy atom. The van der Waals surface area contributed by atoms with Crippen LogP contribution in [0.2, 0.25) is 0 Å². The molecule has 0 radical (unpaired) electrons. The average Bonchev–Trinajstić information content (AvgIpc) is 2.47. The summed E-state index contributed by atoms with van der Waals surface area (Å²) >= 11 is 3.23. The predicted molar refractivity (Wildman–Crippen MR) is 81.7 cm³/mol. The molecule has 116 valence electrons. The monoisotopic (exact) mass is 376 g/mol. The van der Waals surface area contributed by atoms with Gasteiger partial charge in [-0.2, -0.15) is 0 Å². The van der Waals surface area contributed by atoms with E-state index in [1.807, 2.05) is 0 Å². The van der Waals surface area contributed by atoms with E-state index in [4.69, 9.17) is 4.74 Å². The molecule has 0 aromatic heterocycles. The van der Waals surface area contributed by atoms with Crippen molar-refractivity contribution < 1.29 is 17.9 Å². The summed E-state index contributed by atoms with van der Waals surface area (Å²) < 4.78 is 31.3. The highest BCUT2D eigenvalue weighted by atomic mass is 79.9. The number of amides is 1. The van der Waals surface area contributed by atoms with Crippen LogP contribution in [-0.4, -0.2) is 63.9 Å². The lowest BCUT2D eigenvalue weighted by atomic mass is 10.2. The fraction of sp³-hybridized carbons (Fsp3) is 0.462. The van der Waals surface area contributed by atoms with E-state index in [2.05, 4.69) is 15.9 Å². The molecular formula is C13H17BrN2O4S. The minimum atomic E-state index is -3.60. The van der Waals surface area contributed by atoms with Crippen molar-refractivity contribution in [1.29, 1.82) is 0 Å². The Hall–Kier alpha value is -0.960. The standard InChI is InChI=1S/C13H17BrN2O4S/c1-15(2)21(18,19)12-9-10(3-4-11(12)14)13(17)16-5-7-20-8-6-16/h3-4,9H,5-8H2,1-2H3. The van der Waals surface area contributed by atoms with Gasteiger partial charge >= 0.3 is 0 Å². The van der Waals surface area contributed by atoms with Crippen molar-refractivity contribution in [3.63, 3.8) is 0 Å². The lowest BCUT2D eigenvalue weighted by molar-refractivity contribution is 0.0302. The Morgan fingerprint density at radius 1 is 1.29 bits per heavy atom. The van der Waals surface area contributed by atoms with Gasteiger partial charge in [0.2, 0.25) is 10.0 Å². The van der Waals surface area contributed by atoms with Crippen LogP contribution in [0.15, 0.2) is 27.6 Å². The molecule has 6 nitrogen and oxygen atoms in total. The maximum Gasteiger partial charge on any atom is 0.254 e. The first-order chi connectivity index (χ1) is 9.84. The summed E-state index contributed by atoms with van der Waals surface area (Å²) in [6.07, 6.45) is 0. The quantitative estimate of drug-likeness (QED) is 0.793. The van der Waals surface area contributed by atoms with Gasteiger partial charge in [-0.1, -0.05) is 0 Å². The van der Waals surface area contributed by atoms with Gasteiger partial charge in [0.1, 0.15) is 0 Å². The third kappa shape index (κ3) is 3.45. The zero-order valence-electron chi connectivity index (χ0n) is 11.9. The number of carbonyl (C=O) groups excluding carboxylic acids is 1. The van der Waals surface area contributed by atoms with Crippen molar-refractivity contribution in [3.8, 4) is 0 Å². The van der Waals surface area contributed by atoms with Gasteiger partial charge in [0.25, 0.3) is 5.91 Å². The van der Waals surface area contributed by atoms with Crippen molar-refractivity contribution in [2.45, 2.75) is 4.90 Å². The van der Waals surface area contributed by atoms with Crippen molar-refractivity contribution >= 4 is 31.9 Å². The molecule has 21 heavy (non-hydrogen) atoms. The van der Waals surface area contributed by atoms with Gasteiger partial charge in [-0.15, -0.1) is 0 Å². The molecule has 1 aliphatic heterocycles. The summed E-state index contributed by atoms with van der Waals surface area (Å²) in [6, 6.07) is 4.62. The molecular weight excluding hydrogens is 360 g/mol. The molecule has 0 spiro atoms. The molecule has 1 aliphatic rings. The van der Waals surface area contributed by atoms with Crippen LogP contribution in [0, 0.1) is 0 Å². The summed E-state index contributed by atoms with van der Waals surface area (Å²) in [6.45, 7) is 2.05. The molecule has 0 bridgehead atoms. The number of hydrogen-bond donors (Lipinski definition) is 0. The Morgan fingerprint density at radius 3 is 2.48 bits per heavy atom. The number of ether oxygens (including phenoxy) is 1. The van der Waals surface area contributed by atoms with Crippen molar-refractivity contribution in [2.75, 3.05) is 40.4 Å². The molecule has 0 aliphatic carbocycles. The first-order valence-electron chi connectivity index (χ1n) is 6.43. The molecule has 1 heterocycles. The van der Waals surface area contributed by atoms with Gasteiger partial charge in [-0.05, 0) is 34.1 Å². The maximum absolute atomic E-state index is 12.4. The van der Waals surface area contributed by atoms with E-state index in [-0.39, 0.29) is 10.8 Å². The summed E-state index contributed by atoms with van der Waals surface area (Å²) in [4.78, 5) is 14.2. The second-order valence-electron chi connectivity index (χ2n) is 4.84. The third-order valence-corrected chi connectivity index (χ3v) is 6.04. The van der Waals surface area contributed by atoms with Crippen molar-refractivity contribution in [2.24, 2.45) is 0 Å². The number of morpholine rings is 1. The number of halogens is 1. The Kier molecular flexibility index (Phi) is 5.03. The number of nitrogens with zero attached hydrogens (tertiary/aromatic N) is 2. The molecule has 0 N–H and O–H groups in total. The van der Waals surface area contributed by atoms with E-state index in [0.29, 0.717) is 36.3 Å². The molecule has 1 saturated heterocycles. The van der Waals surface area contributed by atoms with Gasteiger partial charge in [0.05, 0.1) is 18.1 Å². The van der Waals surface area contributed by atoms with E-state index in [1.165, 1.54) is 20.2 Å². The van der Waals surface area contributed by atoms with Crippen molar-refractivity contribution in [3.05, 3.63) is 28.2 Å². The van der Waals surface area contributed by atoms with Crippen LogP contribution < -0.4 is 0 Å². The van der Waals surface area contributed by atoms with Crippen LogP contribution in [0.3, 0.4) is 0 Å². The second-order valence-corrected chi connectivity index (χ2v) is 7.81. The van der Waals surface area contributed by atoms with Crippen LogP contribution in [0.5, 0.6) is 0 Å². The third-order valence-electron chi connectivity index (χ3n) is 3.24. The maximum atomic E-state index is 12.4. The first kappa shape index (κ1) is 16.4. The topological polar surface area (TPSA) is 66.9 Å². The average molecular weight is 377 g/mol. The van der Waals surface area contributed by atoms with Gasteiger partial charge in [-0.3, -0.25) is 4.79 Å². The highest BCUT2D eigenvalue weighted by Crippen LogP contribution is 2.25. The lowest BCUT2D eigenvalue weighted by Crippen LogP contribution is -2.40. The minimum Gasteiger partial charge on any atom is -0.378 e. The van der Waals surface area contributed by atoms with E-state index in [9.17, 15) is 13.2 Å². The largest absolute Gasteiger partial charge is 0.378 e. The molecule has 1 fully saturated rings. The predicted octanol–water partition coefficient (Wildman–Crippen LogP) is 1.17. The highest BCUT2D eigenvalue weighted by molar-refractivity contribution is 9.10. The fourth-order valence-electron chi connectivity index (χ4n) is 1.98. The minimum absolute atomic E-state index is 0.0895. The molecule has 2 rings (SSSR count). The van der Waals surface area contributed by atoms with Gasteiger partial charge in [-0.25, -0.2) is 12.7 Å². The van der Waals surface area contributed by atoms with E-state index >= 15 is 0 Å². The van der Waals surface area contributed by atoms with E-state index in [0.717, 1.165) is 4.31 Å². The van der Waals surface area contributed by atoms with Crippen LogP contribution in [0.4, 0.5) is 0 Å². The zero-order valence-corrected chi connectivity index (χ0v) is 14.3. The SMILES string of the molecule is CN(C)S(=O)(=O)c1cc(C(=O)N2CCOCC2)ccc1Br. The normalized spacial score (nSPS) is 16.3. The Bertz CT molecular complexity index is 640. The molecule has 1 aromatic carbocycles. The zero-order chi connectivity index (χ0) is 15.6. The molecule has 1 aromatic rings. The van der Waals surface area contributed by atoms with Crippen LogP contribution in [0.1, 0.15) is 10.4 Å². The fourth-order valence-corrected chi connectivity index (χ4v) is 3.82. The summed E-state index contributed by atoms with van der Waals surface area (Å²) in [5.74, 6) is -0.180. The number of benzene rings is 1. The van der Waals surface area contributed by atoms with E-state index in [1.54, 1.807) is 17.0 Å². The van der Waals surface area contributed by atoms with Crippen LogP contribution in [0.25, 0.3) is 0 Å². The summed E-state index contributed by atoms with van der Waals surface area (Å²) in [7, 11) is -0.690. The Balaban J connectivity index is 2.37. The number of hydrogen-bond acceptors (Lipinski definition) is 4. The number of sulfonamides is 1. The molecule has 0 atom stereocenters. The summed E-state index contributed by atoms with van der Waals surface area (Å²) in [5, 5.41) is 0. The second kappa shape index (κ2) is 6.43. The molecule has 8 heteroatoms. The van der Waals surface area contributed by atoms with Crippen LogP contribution >= 0.6 is 15.9 Å². The summed E-state index contributed by atoms with van der Waals surface area (Å²) in [5.41, 5.74) is 0.362. The van der Waals surface area contributed by atoms with Gasteiger partial charge in [0, 0.05) is 37.2 Å².